The maximum Gasteiger partial charge on any atom is 0.229 e. The van der Waals surface area contributed by atoms with Crippen LogP contribution in [-0.4, -0.2) is 23.1 Å². The number of hydrogen-bond acceptors (Lipinski definition) is 5. The third-order valence-electron chi connectivity index (χ3n) is 4.98. The van der Waals surface area contributed by atoms with E-state index in [1.807, 2.05) is 54.7 Å². The van der Waals surface area contributed by atoms with Crippen molar-refractivity contribution in [2.45, 2.75) is 26.4 Å². The second-order valence-electron chi connectivity index (χ2n) is 7.36. The van der Waals surface area contributed by atoms with Crippen molar-refractivity contribution >= 4 is 17.5 Å². The molecule has 1 aromatic heterocycles. The number of hydrogen-bond donors (Lipinski definition) is 1. The van der Waals surface area contributed by atoms with Crippen molar-refractivity contribution in [3.05, 3.63) is 72.4 Å². The summed E-state index contributed by atoms with van der Waals surface area (Å²) in [5, 5.41) is 3.29. The van der Waals surface area contributed by atoms with Crippen LogP contribution in [0.2, 0.25) is 0 Å². The van der Waals surface area contributed by atoms with Crippen molar-refractivity contribution in [3.63, 3.8) is 0 Å². The quantitative estimate of drug-likeness (QED) is 0.655. The van der Waals surface area contributed by atoms with Crippen molar-refractivity contribution < 1.29 is 4.74 Å². The van der Waals surface area contributed by atoms with Crippen LogP contribution in [0.3, 0.4) is 0 Å². The molecule has 1 unspecified atom stereocenters. The van der Waals surface area contributed by atoms with Crippen LogP contribution >= 0.6 is 0 Å². The van der Waals surface area contributed by atoms with E-state index in [9.17, 15) is 0 Å². The van der Waals surface area contributed by atoms with Crippen molar-refractivity contribution in [3.8, 4) is 5.75 Å². The molecule has 1 aliphatic heterocycles. The van der Waals surface area contributed by atoms with E-state index in [1.54, 1.807) is 0 Å². The van der Waals surface area contributed by atoms with E-state index in [-0.39, 0.29) is 0 Å². The van der Waals surface area contributed by atoms with E-state index in [4.69, 9.17) is 9.72 Å². The Morgan fingerprint density at radius 2 is 1.89 bits per heavy atom. The first-order valence-electron chi connectivity index (χ1n) is 9.88. The Labute approximate surface area is 166 Å². The Kier molecular flexibility index (Phi) is 5.71. The zero-order chi connectivity index (χ0) is 19.2. The summed E-state index contributed by atoms with van der Waals surface area (Å²) in [5.41, 5.74) is 2.10. The van der Waals surface area contributed by atoms with Crippen LogP contribution in [0.25, 0.3) is 0 Å². The van der Waals surface area contributed by atoms with Gasteiger partial charge in [0.25, 0.3) is 0 Å². The van der Waals surface area contributed by atoms with Gasteiger partial charge in [-0.15, -0.1) is 0 Å². The standard InChI is InChI=1S/C23H26N4O/c1-18-6-5-15-27(16-18)22-13-14-24-23(26-22)25-20-9-11-21(12-10-20)28-17-19-7-3-2-4-8-19/h2-4,7-14,18H,5-6,15-17H2,1H3,(H,24,25,26). The fourth-order valence-corrected chi connectivity index (χ4v) is 3.49. The fourth-order valence-electron chi connectivity index (χ4n) is 3.49. The summed E-state index contributed by atoms with van der Waals surface area (Å²) in [6.07, 6.45) is 4.34. The molecule has 0 saturated carbocycles. The molecular weight excluding hydrogens is 348 g/mol. The molecule has 28 heavy (non-hydrogen) atoms. The second kappa shape index (κ2) is 8.74. The maximum atomic E-state index is 5.84. The highest BCUT2D eigenvalue weighted by Crippen LogP contribution is 2.23. The van der Waals surface area contributed by atoms with Crippen LogP contribution < -0.4 is 15.0 Å². The third-order valence-corrected chi connectivity index (χ3v) is 4.98. The number of nitrogens with one attached hydrogen (secondary N) is 1. The Morgan fingerprint density at radius 1 is 1.07 bits per heavy atom. The van der Waals surface area contributed by atoms with Gasteiger partial charge < -0.3 is 15.0 Å². The fraction of sp³-hybridized carbons (Fsp3) is 0.304. The number of aromatic nitrogens is 2. The lowest BCUT2D eigenvalue weighted by Crippen LogP contribution is -2.34. The summed E-state index contributed by atoms with van der Waals surface area (Å²) in [6, 6.07) is 20.0. The Bertz CT molecular complexity index is 883. The van der Waals surface area contributed by atoms with Crippen LogP contribution in [0.1, 0.15) is 25.3 Å². The molecule has 5 nitrogen and oxygen atoms in total. The number of ether oxygens (including phenoxy) is 1. The third kappa shape index (κ3) is 4.80. The molecule has 0 amide bonds. The molecule has 2 aromatic carbocycles. The van der Waals surface area contributed by atoms with Gasteiger partial charge >= 0.3 is 0 Å². The average Bonchev–Trinajstić information content (AvgIpc) is 2.74. The predicted octanol–water partition coefficient (Wildman–Crippen LogP) is 5.04. The first-order valence-corrected chi connectivity index (χ1v) is 9.88. The largest absolute Gasteiger partial charge is 0.489 e. The van der Waals surface area contributed by atoms with Gasteiger partial charge in [0.2, 0.25) is 5.95 Å². The molecule has 1 N–H and O–H groups in total. The van der Waals surface area contributed by atoms with Crippen LogP contribution in [0.15, 0.2) is 66.9 Å². The van der Waals surface area contributed by atoms with Gasteiger partial charge in [-0.2, -0.15) is 4.98 Å². The first-order chi connectivity index (χ1) is 13.8. The highest BCUT2D eigenvalue weighted by atomic mass is 16.5. The number of piperidine rings is 1. The van der Waals surface area contributed by atoms with Crippen molar-refractivity contribution in [1.29, 1.82) is 0 Å². The zero-order valence-corrected chi connectivity index (χ0v) is 16.2. The molecule has 4 rings (SSSR count). The average molecular weight is 374 g/mol. The summed E-state index contributed by atoms with van der Waals surface area (Å²) in [6.45, 7) is 4.99. The van der Waals surface area contributed by atoms with Gasteiger partial charge in [-0.25, -0.2) is 4.98 Å². The minimum Gasteiger partial charge on any atom is -0.489 e. The van der Waals surface area contributed by atoms with Crippen LogP contribution in [0.4, 0.5) is 17.5 Å². The van der Waals surface area contributed by atoms with Crippen LogP contribution in [0.5, 0.6) is 5.75 Å². The molecule has 0 spiro atoms. The zero-order valence-electron chi connectivity index (χ0n) is 16.2. The summed E-state index contributed by atoms with van der Waals surface area (Å²) in [4.78, 5) is 11.4. The van der Waals surface area contributed by atoms with Crippen LogP contribution in [0, 0.1) is 5.92 Å². The minimum absolute atomic E-state index is 0.563. The van der Waals surface area contributed by atoms with Gasteiger partial charge in [0.15, 0.2) is 0 Å². The minimum atomic E-state index is 0.563. The topological polar surface area (TPSA) is 50.3 Å². The molecule has 1 atom stereocenters. The summed E-state index contributed by atoms with van der Waals surface area (Å²) in [5.74, 6) is 3.16. The maximum absolute atomic E-state index is 5.84. The molecule has 0 radical (unpaired) electrons. The number of benzene rings is 2. The lowest BCUT2D eigenvalue weighted by atomic mass is 10.0. The Morgan fingerprint density at radius 3 is 2.68 bits per heavy atom. The molecule has 0 bridgehead atoms. The van der Waals surface area contributed by atoms with E-state index < -0.39 is 0 Å². The predicted molar refractivity (Wildman–Crippen MR) is 113 cm³/mol. The normalized spacial score (nSPS) is 16.6. The molecule has 2 heterocycles. The molecule has 3 aromatic rings. The smallest absolute Gasteiger partial charge is 0.229 e. The van der Waals surface area contributed by atoms with E-state index >= 15 is 0 Å². The number of rotatable bonds is 6. The van der Waals surface area contributed by atoms with Gasteiger partial charge in [0.05, 0.1) is 0 Å². The van der Waals surface area contributed by atoms with Crippen molar-refractivity contribution in [2.24, 2.45) is 5.92 Å². The first kappa shape index (κ1) is 18.3. The molecule has 5 heteroatoms. The molecule has 1 fully saturated rings. The second-order valence-corrected chi connectivity index (χ2v) is 7.36. The molecule has 144 valence electrons. The molecule has 1 aliphatic rings. The van der Waals surface area contributed by atoms with Gasteiger partial charge in [-0.3, -0.25) is 0 Å². The molecule has 1 saturated heterocycles. The van der Waals surface area contributed by atoms with Gasteiger partial charge in [0.1, 0.15) is 18.2 Å². The number of anilines is 3. The van der Waals surface area contributed by atoms with E-state index in [1.165, 1.54) is 12.8 Å². The van der Waals surface area contributed by atoms with Crippen LogP contribution in [-0.2, 0) is 6.61 Å². The van der Waals surface area contributed by atoms with E-state index in [2.05, 4.69) is 34.3 Å². The highest BCUT2D eigenvalue weighted by molar-refractivity contribution is 5.56. The van der Waals surface area contributed by atoms with Crippen molar-refractivity contribution in [2.75, 3.05) is 23.3 Å². The van der Waals surface area contributed by atoms with E-state index in [0.717, 1.165) is 35.9 Å². The van der Waals surface area contributed by atoms with Gasteiger partial charge in [-0.05, 0) is 54.7 Å². The SMILES string of the molecule is CC1CCCN(c2ccnc(Nc3ccc(OCc4ccccc4)cc3)n2)C1. The Hall–Kier alpha value is -3.08. The molecule has 0 aliphatic carbocycles. The highest BCUT2D eigenvalue weighted by Gasteiger charge is 2.17. The van der Waals surface area contributed by atoms with Gasteiger partial charge in [-0.1, -0.05) is 37.3 Å². The number of nitrogens with zero attached hydrogens (tertiary/aromatic N) is 3. The summed E-state index contributed by atoms with van der Waals surface area (Å²) in [7, 11) is 0. The van der Waals surface area contributed by atoms with Crippen molar-refractivity contribution in [1.82, 2.24) is 9.97 Å². The summed E-state index contributed by atoms with van der Waals surface area (Å²) < 4.78 is 5.84. The monoisotopic (exact) mass is 374 g/mol. The summed E-state index contributed by atoms with van der Waals surface area (Å²) >= 11 is 0. The lowest BCUT2D eigenvalue weighted by Gasteiger charge is -2.31. The Balaban J connectivity index is 1.37. The lowest BCUT2D eigenvalue weighted by molar-refractivity contribution is 0.306. The molecular formula is C23H26N4O. The van der Waals surface area contributed by atoms with Gasteiger partial charge in [0, 0.05) is 25.0 Å². The van der Waals surface area contributed by atoms with E-state index in [0.29, 0.717) is 18.5 Å².